The van der Waals surface area contributed by atoms with Gasteiger partial charge in [0.05, 0.1) is 40.8 Å². The van der Waals surface area contributed by atoms with Gasteiger partial charge in [-0.1, -0.05) is 18.2 Å². The number of allylic oxidation sites excluding steroid dienone is 1. The minimum atomic E-state index is -0.585. The zero-order valence-corrected chi connectivity index (χ0v) is 20.8. The molecule has 2 atom stereocenters. The van der Waals surface area contributed by atoms with Gasteiger partial charge in [0.1, 0.15) is 17.6 Å². The van der Waals surface area contributed by atoms with E-state index in [1.807, 2.05) is 12.2 Å². The van der Waals surface area contributed by atoms with Gasteiger partial charge in [-0.25, -0.2) is 13.8 Å². The molecule has 1 amide bonds. The number of para-hydroxylation sites is 1. The molecule has 0 fully saturated rings. The number of carbonyl (C=O) groups is 1. The van der Waals surface area contributed by atoms with Crippen LogP contribution in [0.4, 0.5) is 20.2 Å². The van der Waals surface area contributed by atoms with Gasteiger partial charge in [0, 0.05) is 43.1 Å². The molecule has 5 heterocycles. The summed E-state index contributed by atoms with van der Waals surface area (Å²) in [6.45, 7) is 0.443. The summed E-state index contributed by atoms with van der Waals surface area (Å²) in [5.74, 6) is -1.34. The first-order valence-corrected chi connectivity index (χ1v) is 12.3. The van der Waals surface area contributed by atoms with Crippen LogP contribution in [0.5, 0.6) is 5.75 Å². The van der Waals surface area contributed by atoms with Crippen molar-refractivity contribution in [3.63, 3.8) is 0 Å². The SMILES string of the molecule is COc1c(F)cccc1Nc1c2[nH]c3c1C(=O)NC[C@@H]3C/C=C\C[C@H](OC)c1nc3c-2ccnc3cc1F. The molecule has 10 heteroatoms. The molecule has 0 aliphatic carbocycles. The summed E-state index contributed by atoms with van der Waals surface area (Å²) >= 11 is 0. The quantitative estimate of drug-likeness (QED) is 0.308. The van der Waals surface area contributed by atoms with Crippen molar-refractivity contribution in [2.24, 2.45) is 0 Å². The van der Waals surface area contributed by atoms with E-state index in [9.17, 15) is 9.18 Å². The summed E-state index contributed by atoms with van der Waals surface area (Å²) < 4.78 is 40.6. The van der Waals surface area contributed by atoms with E-state index >= 15 is 4.39 Å². The van der Waals surface area contributed by atoms with E-state index in [0.29, 0.717) is 58.6 Å². The molecule has 38 heavy (non-hydrogen) atoms. The van der Waals surface area contributed by atoms with Gasteiger partial charge >= 0.3 is 0 Å². The second kappa shape index (κ2) is 9.53. The Bertz CT molecular complexity index is 1600. The zero-order chi connectivity index (χ0) is 26.4. The van der Waals surface area contributed by atoms with Crippen molar-refractivity contribution >= 4 is 28.3 Å². The van der Waals surface area contributed by atoms with Crippen molar-refractivity contribution < 1.29 is 23.0 Å². The fourth-order valence-corrected chi connectivity index (χ4v) is 5.23. The Hall–Kier alpha value is -4.31. The highest BCUT2D eigenvalue weighted by Gasteiger charge is 2.33. The van der Waals surface area contributed by atoms with E-state index in [1.54, 1.807) is 24.4 Å². The summed E-state index contributed by atoms with van der Waals surface area (Å²) in [7, 11) is 2.91. The summed E-state index contributed by atoms with van der Waals surface area (Å²) in [6, 6.07) is 7.63. The van der Waals surface area contributed by atoms with Crippen molar-refractivity contribution in [2.75, 3.05) is 26.1 Å². The maximum absolute atomic E-state index is 15.2. The van der Waals surface area contributed by atoms with Crippen LogP contribution in [0.25, 0.3) is 22.3 Å². The summed E-state index contributed by atoms with van der Waals surface area (Å²) in [4.78, 5) is 25.7. The van der Waals surface area contributed by atoms with Crippen LogP contribution in [0.15, 0.2) is 48.7 Å². The Balaban J connectivity index is 1.66. The lowest BCUT2D eigenvalue weighted by Gasteiger charge is -2.23. The van der Waals surface area contributed by atoms with E-state index in [0.717, 1.165) is 5.69 Å². The average molecular weight is 518 g/mol. The number of aromatic amines is 1. The summed E-state index contributed by atoms with van der Waals surface area (Å²) in [6.07, 6.45) is 6.00. The van der Waals surface area contributed by atoms with Crippen molar-refractivity contribution in [2.45, 2.75) is 24.9 Å². The second-order valence-corrected chi connectivity index (χ2v) is 9.27. The Morgan fingerprint density at radius 2 is 1.95 bits per heavy atom. The standard InChI is InChI=1S/C28H25F2N5O3/c1-37-20-9-4-3-6-14-13-32-28(36)21-22(14)34-24(26(21)33-18-8-5-7-16(29)27(18)38-2)15-10-11-31-19-12-17(30)25(20)35-23(15)19/h3-5,7-8,10-12,14,20,33-34H,6,9,13H2,1-2H3,(H,32,36)/b4-3-/t14-,20-/m0/s1. The lowest BCUT2D eigenvalue weighted by molar-refractivity contribution is 0.0941. The number of nitrogens with one attached hydrogen (secondary N) is 3. The number of benzene rings is 1. The molecule has 0 radical (unpaired) electrons. The number of rotatable bonds is 4. The summed E-state index contributed by atoms with van der Waals surface area (Å²) in [5.41, 5.74) is 4.10. The second-order valence-electron chi connectivity index (χ2n) is 9.27. The molecule has 0 saturated heterocycles. The molecule has 3 aromatic heterocycles. The highest BCUT2D eigenvalue weighted by molar-refractivity contribution is 6.08. The maximum Gasteiger partial charge on any atom is 0.255 e. The van der Waals surface area contributed by atoms with Gasteiger partial charge in [-0.05, 0) is 31.0 Å². The lowest BCUT2D eigenvalue weighted by Crippen LogP contribution is -2.34. The van der Waals surface area contributed by atoms with Crippen LogP contribution in [-0.4, -0.2) is 41.6 Å². The molecule has 194 valence electrons. The molecule has 8 nitrogen and oxygen atoms in total. The van der Waals surface area contributed by atoms with E-state index in [-0.39, 0.29) is 23.3 Å². The van der Waals surface area contributed by atoms with Gasteiger partial charge in [-0.2, -0.15) is 0 Å². The number of H-pyrrole nitrogens is 1. The molecule has 0 saturated carbocycles. The normalized spacial score (nSPS) is 19.3. The largest absolute Gasteiger partial charge is 0.492 e. The molecule has 4 bridgehead atoms. The van der Waals surface area contributed by atoms with Gasteiger partial charge in [0.25, 0.3) is 5.91 Å². The fraction of sp³-hybridized carbons (Fsp3) is 0.250. The molecule has 6 rings (SSSR count). The maximum atomic E-state index is 15.2. The van der Waals surface area contributed by atoms with Crippen LogP contribution >= 0.6 is 0 Å². The van der Waals surface area contributed by atoms with Crippen LogP contribution in [0.2, 0.25) is 0 Å². The molecule has 3 N–H and O–H groups in total. The third-order valence-corrected chi connectivity index (χ3v) is 7.09. The van der Waals surface area contributed by atoms with E-state index in [2.05, 4.69) is 25.6 Å². The Kier molecular flexibility index (Phi) is 6.03. The number of pyridine rings is 2. The van der Waals surface area contributed by atoms with Gasteiger partial charge in [-0.15, -0.1) is 0 Å². The number of aromatic nitrogens is 3. The predicted molar refractivity (Wildman–Crippen MR) is 139 cm³/mol. The average Bonchev–Trinajstić information content (AvgIpc) is 3.29. The van der Waals surface area contributed by atoms with Crippen molar-refractivity contribution in [1.82, 2.24) is 20.3 Å². The number of anilines is 2. The molecule has 2 aliphatic heterocycles. The van der Waals surface area contributed by atoms with Gasteiger partial charge in [-0.3, -0.25) is 9.78 Å². The Morgan fingerprint density at radius 1 is 1.11 bits per heavy atom. The molecular weight excluding hydrogens is 492 g/mol. The molecule has 0 spiro atoms. The highest BCUT2D eigenvalue weighted by Crippen LogP contribution is 2.44. The monoisotopic (exact) mass is 517 g/mol. The first kappa shape index (κ1) is 24.1. The topological polar surface area (TPSA) is 101 Å². The van der Waals surface area contributed by atoms with Crippen molar-refractivity contribution in [1.29, 1.82) is 0 Å². The van der Waals surface area contributed by atoms with E-state index < -0.39 is 17.7 Å². The Labute approximate surface area is 217 Å². The number of amides is 1. The Morgan fingerprint density at radius 3 is 2.76 bits per heavy atom. The van der Waals surface area contributed by atoms with Crippen LogP contribution in [0, 0.1) is 11.6 Å². The number of methoxy groups -OCH3 is 2. The number of hydrogen-bond donors (Lipinski definition) is 3. The molecule has 2 aliphatic rings. The molecule has 1 aromatic carbocycles. The number of carbonyl (C=O) groups excluding carboxylic acids is 1. The fourth-order valence-electron chi connectivity index (χ4n) is 5.23. The number of ether oxygens (including phenoxy) is 2. The van der Waals surface area contributed by atoms with E-state index in [1.165, 1.54) is 26.4 Å². The molecule has 4 aromatic rings. The number of fused-ring (bicyclic) bond motifs is 3. The smallest absolute Gasteiger partial charge is 0.255 e. The van der Waals surface area contributed by atoms with Crippen LogP contribution in [0.3, 0.4) is 0 Å². The van der Waals surface area contributed by atoms with Gasteiger partial charge in [0.15, 0.2) is 11.6 Å². The zero-order valence-electron chi connectivity index (χ0n) is 20.8. The minimum Gasteiger partial charge on any atom is -0.492 e. The van der Waals surface area contributed by atoms with Crippen molar-refractivity contribution in [3.05, 3.63) is 77.3 Å². The lowest BCUT2D eigenvalue weighted by atomic mass is 9.93. The highest BCUT2D eigenvalue weighted by atomic mass is 19.1. The van der Waals surface area contributed by atoms with E-state index in [4.69, 9.17) is 9.47 Å². The number of nitrogens with zero attached hydrogens (tertiary/aromatic N) is 2. The molecule has 0 unspecified atom stereocenters. The van der Waals surface area contributed by atoms with Gasteiger partial charge < -0.3 is 25.1 Å². The summed E-state index contributed by atoms with van der Waals surface area (Å²) in [5, 5.41) is 6.23. The predicted octanol–water partition coefficient (Wildman–Crippen LogP) is 5.52. The van der Waals surface area contributed by atoms with Crippen LogP contribution in [0.1, 0.15) is 46.6 Å². The molecular formula is C28H25F2N5O3. The third-order valence-electron chi connectivity index (χ3n) is 7.09. The first-order chi connectivity index (χ1) is 18.5. The number of hydrogen-bond acceptors (Lipinski definition) is 6. The minimum absolute atomic E-state index is 0.0171. The van der Waals surface area contributed by atoms with Crippen LogP contribution in [-0.2, 0) is 4.74 Å². The van der Waals surface area contributed by atoms with Crippen molar-refractivity contribution in [3.8, 4) is 17.0 Å². The van der Waals surface area contributed by atoms with Gasteiger partial charge in [0.2, 0.25) is 0 Å². The third kappa shape index (κ3) is 3.88. The number of halogens is 2. The van der Waals surface area contributed by atoms with Crippen LogP contribution < -0.4 is 15.4 Å². The first-order valence-electron chi connectivity index (χ1n) is 12.3.